The van der Waals surface area contributed by atoms with Crippen molar-refractivity contribution >= 4 is 0 Å². The zero-order valence-corrected chi connectivity index (χ0v) is 10.8. The summed E-state index contributed by atoms with van der Waals surface area (Å²) < 4.78 is 37.6. The van der Waals surface area contributed by atoms with E-state index >= 15 is 0 Å². The Kier molecular flexibility index (Phi) is 4.95. The topological polar surface area (TPSA) is 52.5 Å². The van der Waals surface area contributed by atoms with Crippen molar-refractivity contribution in [3.8, 4) is 0 Å². The van der Waals surface area contributed by atoms with Crippen LogP contribution in [0.3, 0.4) is 0 Å². The lowest BCUT2D eigenvalue weighted by Gasteiger charge is -2.25. The molecular formula is C13H18F3NO2. The molecule has 0 aliphatic rings. The number of rotatable bonds is 5. The van der Waals surface area contributed by atoms with Gasteiger partial charge in [-0.2, -0.15) is 13.2 Å². The standard InChI is InChI=1S/C13H18F3NO2/c1-12(2,8-18)17-7-11(19)9-4-3-5-10(6-9)13(14,15)16/h3-6,11,17-19H,7-8H2,1-2H3. The number of β-amino-alcohol motifs (C(OH)–C–C–N with tert-alkyl or cyclic N) is 1. The van der Waals surface area contributed by atoms with Crippen LogP contribution in [0.2, 0.25) is 0 Å². The molecule has 1 aromatic carbocycles. The quantitative estimate of drug-likeness (QED) is 0.772. The molecule has 1 aromatic rings. The van der Waals surface area contributed by atoms with Gasteiger partial charge in [-0.1, -0.05) is 12.1 Å². The fourth-order valence-electron chi connectivity index (χ4n) is 1.47. The van der Waals surface area contributed by atoms with Crippen LogP contribution in [0, 0.1) is 0 Å². The van der Waals surface area contributed by atoms with Crippen molar-refractivity contribution in [2.75, 3.05) is 13.2 Å². The van der Waals surface area contributed by atoms with E-state index < -0.39 is 23.4 Å². The van der Waals surface area contributed by atoms with Gasteiger partial charge in [-0.15, -0.1) is 0 Å². The summed E-state index contributed by atoms with van der Waals surface area (Å²) in [6, 6.07) is 4.59. The average Bonchev–Trinajstić information content (AvgIpc) is 2.35. The second-order valence-electron chi connectivity index (χ2n) is 5.06. The Balaban J connectivity index is 2.75. The minimum atomic E-state index is -4.42. The normalized spacial score (nSPS) is 14.5. The number of halogens is 3. The number of hydrogen-bond donors (Lipinski definition) is 3. The van der Waals surface area contributed by atoms with E-state index in [4.69, 9.17) is 5.11 Å². The number of hydrogen-bond acceptors (Lipinski definition) is 3. The molecular weight excluding hydrogens is 259 g/mol. The Labute approximate surface area is 110 Å². The molecule has 0 fully saturated rings. The summed E-state index contributed by atoms with van der Waals surface area (Å²) in [7, 11) is 0. The third kappa shape index (κ3) is 4.81. The van der Waals surface area contributed by atoms with Crippen LogP contribution < -0.4 is 5.32 Å². The summed E-state index contributed by atoms with van der Waals surface area (Å²) in [6.07, 6.45) is -5.49. The molecule has 3 N–H and O–H groups in total. The molecule has 19 heavy (non-hydrogen) atoms. The first-order valence-corrected chi connectivity index (χ1v) is 5.87. The predicted octanol–water partition coefficient (Wildman–Crippen LogP) is 2.10. The Morgan fingerprint density at radius 2 is 1.89 bits per heavy atom. The molecule has 1 atom stereocenters. The highest BCUT2D eigenvalue weighted by Crippen LogP contribution is 2.30. The van der Waals surface area contributed by atoms with Crippen LogP contribution in [0.5, 0.6) is 0 Å². The Hall–Kier alpha value is -1.11. The second kappa shape index (κ2) is 5.90. The summed E-state index contributed by atoms with van der Waals surface area (Å²) in [6.45, 7) is 3.38. The average molecular weight is 277 g/mol. The lowest BCUT2D eigenvalue weighted by Crippen LogP contribution is -2.44. The van der Waals surface area contributed by atoms with E-state index in [9.17, 15) is 18.3 Å². The van der Waals surface area contributed by atoms with Gasteiger partial charge in [0.05, 0.1) is 18.3 Å². The van der Waals surface area contributed by atoms with Gasteiger partial charge >= 0.3 is 6.18 Å². The van der Waals surface area contributed by atoms with Crippen molar-refractivity contribution in [1.29, 1.82) is 0 Å². The van der Waals surface area contributed by atoms with Gasteiger partial charge in [0.25, 0.3) is 0 Å². The maximum atomic E-state index is 12.5. The van der Waals surface area contributed by atoms with Crippen molar-refractivity contribution in [2.45, 2.75) is 31.7 Å². The summed E-state index contributed by atoms with van der Waals surface area (Å²) >= 11 is 0. The smallest absolute Gasteiger partial charge is 0.394 e. The molecule has 0 amide bonds. The van der Waals surface area contributed by atoms with Gasteiger partial charge in [0.1, 0.15) is 0 Å². The van der Waals surface area contributed by atoms with Crippen molar-refractivity contribution in [3.63, 3.8) is 0 Å². The third-order valence-corrected chi connectivity index (χ3v) is 2.77. The minimum Gasteiger partial charge on any atom is -0.394 e. The molecule has 1 rings (SSSR count). The van der Waals surface area contributed by atoms with Gasteiger partial charge in [0, 0.05) is 12.1 Å². The first-order chi connectivity index (χ1) is 8.65. The Morgan fingerprint density at radius 3 is 2.42 bits per heavy atom. The molecule has 0 aliphatic heterocycles. The highest BCUT2D eigenvalue weighted by Gasteiger charge is 2.31. The van der Waals surface area contributed by atoms with Gasteiger partial charge in [0.15, 0.2) is 0 Å². The maximum Gasteiger partial charge on any atom is 0.416 e. The van der Waals surface area contributed by atoms with Gasteiger partial charge in [-0.05, 0) is 31.5 Å². The van der Waals surface area contributed by atoms with E-state index in [1.165, 1.54) is 12.1 Å². The first kappa shape index (κ1) is 15.9. The second-order valence-corrected chi connectivity index (χ2v) is 5.06. The third-order valence-electron chi connectivity index (χ3n) is 2.77. The monoisotopic (exact) mass is 277 g/mol. The number of aliphatic hydroxyl groups is 2. The number of aliphatic hydroxyl groups excluding tert-OH is 2. The lowest BCUT2D eigenvalue weighted by atomic mass is 10.0. The number of benzene rings is 1. The molecule has 0 bridgehead atoms. The van der Waals surface area contributed by atoms with Crippen LogP contribution in [-0.2, 0) is 6.18 Å². The highest BCUT2D eigenvalue weighted by molar-refractivity contribution is 5.27. The van der Waals surface area contributed by atoms with Crippen LogP contribution in [0.1, 0.15) is 31.1 Å². The van der Waals surface area contributed by atoms with Crippen molar-refractivity contribution in [1.82, 2.24) is 5.32 Å². The molecule has 108 valence electrons. The molecule has 1 unspecified atom stereocenters. The zero-order chi connectivity index (χ0) is 14.7. The SMILES string of the molecule is CC(C)(CO)NCC(O)c1cccc(C(F)(F)F)c1. The van der Waals surface area contributed by atoms with Crippen LogP contribution in [0.15, 0.2) is 24.3 Å². The van der Waals surface area contributed by atoms with E-state index in [-0.39, 0.29) is 18.7 Å². The summed E-state index contributed by atoms with van der Waals surface area (Å²) in [5.41, 5.74) is -1.19. The molecule has 3 nitrogen and oxygen atoms in total. The largest absolute Gasteiger partial charge is 0.416 e. The van der Waals surface area contributed by atoms with E-state index in [0.29, 0.717) is 0 Å². The lowest BCUT2D eigenvalue weighted by molar-refractivity contribution is -0.137. The fourth-order valence-corrected chi connectivity index (χ4v) is 1.47. The number of nitrogens with one attached hydrogen (secondary N) is 1. The van der Waals surface area contributed by atoms with E-state index in [1.54, 1.807) is 13.8 Å². The van der Waals surface area contributed by atoms with Gasteiger partial charge < -0.3 is 15.5 Å². The van der Waals surface area contributed by atoms with Crippen LogP contribution in [-0.4, -0.2) is 28.9 Å². The molecule has 0 heterocycles. The van der Waals surface area contributed by atoms with E-state index in [1.807, 2.05) is 0 Å². The zero-order valence-electron chi connectivity index (χ0n) is 10.8. The summed E-state index contributed by atoms with van der Waals surface area (Å²) in [4.78, 5) is 0. The molecule has 6 heteroatoms. The maximum absolute atomic E-state index is 12.5. The van der Waals surface area contributed by atoms with Crippen LogP contribution in [0.4, 0.5) is 13.2 Å². The minimum absolute atomic E-state index is 0.0644. The molecule has 0 saturated carbocycles. The molecule has 0 spiro atoms. The highest BCUT2D eigenvalue weighted by atomic mass is 19.4. The number of alkyl halides is 3. The van der Waals surface area contributed by atoms with Gasteiger partial charge in [-0.3, -0.25) is 0 Å². The fraction of sp³-hybridized carbons (Fsp3) is 0.538. The van der Waals surface area contributed by atoms with Crippen LogP contribution >= 0.6 is 0 Å². The van der Waals surface area contributed by atoms with E-state index in [0.717, 1.165) is 12.1 Å². The van der Waals surface area contributed by atoms with E-state index in [2.05, 4.69) is 5.32 Å². The van der Waals surface area contributed by atoms with Crippen LogP contribution in [0.25, 0.3) is 0 Å². The Morgan fingerprint density at radius 1 is 1.26 bits per heavy atom. The van der Waals surface area contributed by atoms with Gasteiger partial charge in [0.2, 0.25) is 0 Å². The summed E-state index contributed by atoms with van der Waals surface area (Å²) in [5.74, 6) is 0. The summed E-state index contributed by atoms with van der Waals surface area (Å²) in [5, 5.41) is 21.8. The molecule has 0 radical (unpaired) electrons. The molecule has 0 aliphatic carbocycles. The molecule has 0 saturated heterocycles. The van der Waals surface area contributed by atoms with Crippen molar-refractivity contribution in [2.24, 2.45) is 0 Å². The molecule has 0 aromatic heterocycles. The van der Waals surface area contributed by atoms with Gasteiger partial charge in [-0.25, -0.2) is 0 Å². The first-order valence-electron chi connectivity index (χ1n) is 5.87. The predicted molar refractivity (Wildman–Crippen MR) is 65.6 cm³/mol. The Bertz CT molecular complexity index is 419. The van der Waals surface area contributed by atoms with Crippen molar-refractivity contribution < 1.29 is 23.4 Å². The van der Waals surface area contributed by atoms with Crippen molar-refractivity contribution in [3.05, 3.63) is 35.4 Å².